The Morgan fingerprint density at radius 3 is 2.52 bits per heavy atom. The maximum atomic E-state index is 12.6. The Morgan fingerprint density at radius 2 is 1.92 bits per heavy atom. The van der Waals surface area contributed by atoms with E-state index in [1.54, 1.807) is 6.20 Å². The first-order chi connectivity index (χ1) is 11.7. The minimum absolute atomic E-state index is 0.0400. The molecule has 0 aliphatic carbocycles. The van der Waals surface area contributed by atoms with Gasteiger partial charge in [0, 0.05) is 24.3 Å². The van der Waals surface area contributed by atoms with Crippen LogP contribution in [0.2, 0.25) is 0 Å². The molecule has 2 aromatic heterocycles. The van der Waals surface area contributed by atoms with Crippen molar-refractivity contribution >= 4 is 23.5 Å². The molecule has 0 spiro atoms. The summed E-state index contributed by atoms with van der Waals surface area (Å²) in [4.78, 5) is 17.3. The second kappa shape index (κ2) is 8.08. The second-order valence-electron chi connectivity index (χ2n) is 7.07. The van der Waals surface area contributed by atoms with E-state index in [-0.39, 0.29) is 17.2 Å². The van der Waals surface area contributed by atoms with Gasteiger partial charge in [0.05, 0.1) is 17.1 Å². The summed E-state index contributed by atoms with van der Waals surface area (Å²) in [5.41, 5.74) is 2.19. The first kappa shape index (κ1) is 19.6. The lowest BCUT2D eigenvalue weighted by atomic mass is 10.2. The average molecular weight is 364 g/mol. The van der Waals surface area contributed by atoms with E-state index in [9.17, 15) is 4.79 Å². The summed E-state index contributed by atoms with van der Waals surface area (Å²) in [7, 11) is 0. The van der Waals surface area contributed by atoms with Gasteiger partial charge in [-0.2, -0.15) is 5.10 Å². The average Bonchev–Trinajstić information content (AvgIpc) is 3.07. The first-order valence-corrected chi connectivity index (χ1v) is 9.63. The molecule has 25 heavy (non-hydrogen) atoms. The maximum absolute atomic E-state index is 12.6. The molecule has 138 valence electrons. The van der Waals surface area contributed by atoms with Crippen LogP contribution in [0.1, 0.15) is 52.0 Å². The zero-order valence-electron chi connectivity index (χ0n) is 16.2. The van der Waals surface area contributed by atoms with Crippen LogP contribution in [0.5, 0.6) is 0 Å². The molecule has 0 bridgehead atoms. The summed E-state index contributed by atoms with van der Waals surface area (Å²) in [6, 6.07) is 2.02. The van der Waals surface area contributed by atoms with Crippen molar-refractivity contribution in [1.82, 2.24) is 19.3 Å². The molecule has 1 unspecified atom stereocenters. The van der Waals surface area contributed by atoms with E-state index in [1.807, 2.05) is 38.4 Å². The lowest BCUT2D eigenvalue weighted by molar-refractivity contribution is -0.115. The molecule has 0 aliphatic heterocycles. The van der Waals surface area contributed by atoms with Crippen LogP contribution in [0.3, 0.4) is 0 Å². The molecule has 0 aliphatic rings. The maximum Gasteiger partial charge on any atom is 0.238 e. The molecule has 2 aromatic rings. The van der Waals surface area contributed by atoms with Crippen LogP contribution in [0.4, 0.5) is 5.82 Å². The number of amides is 1. The van der Waals surface area contributed by atoms with E-state index in [2.05, 4.69) is 40.7 Å². The van der Waals surface area contributed by atoms with Gasteiger partial charge in [-0.25, -0.2) is 9.67 Å². The van der Waals surface area contributed by atoms with Gasteiger partial charge < -0.3 is 9.88 Å². The van der Waals surface area contributed by atoms with Crippen LogP contribution in [-0.2, 0) is 11.3 Å². The van der Waals surface area contributed by atoms with Crippen LogP contribution in [0, 0.1) is 19.8 Å². The lowest BCUT2D eigenvalue weighted by Gasteiger charge is -2.16. The third kappa shape index (κ3) is 4.66. The number of aryl methyl sites for hydroxylation is 1. The molecule has 1 amide bonds. The van der Waals surface area contributed by atoms with Crippen LogP contribution in [0.15, 0.2) is 17.4 Å². The van der Waals surface area contributed by atoms with Crippen LogP contribution in [0.25, 0.3) is 0 Å². The zero-order valence-corrected chi connectivity index (χ0v) is 17.0. The number of hydrogen-bond acceptors (Lipinski definition) is 4. The van der Waals surface area contributed by atoms with Gasteiger partial charge in [0.1, 0.15) is 5.82 Å². The number of carbonyl (C=O) groups excluding carboxylic acids is 1. The van der Waals surface area contributed by atoms with Gasteiger partial charge in [-0.1, -0.05) is 25.6 Å². The number of nitrogens with zero attached hydrogens (tertiary/aromatic N) is 4. The molecule has 0 radical (unpaired) electrons. The summed E-state index contributed by atoms with van der Waals surface area (Å²) in [6.07, 6.45) is 1.70. The first-order valence-electron chi connectivity index (χ1n) is 8.75. The molecule has 7 heteroatoms. The Balaban J connectivity index is 2.11. The van der Waals surface area contributed by atoms with E-state index in [1.165, 1.54) is 17.5 Å². The molecule has 0 saturated heterocycles. The quantitative estimate of drug-likeness (QED) is 0.754. The number of thioether (sulfide) groups is 1. The predicted molar refractivity (Wildman–Crippen MR) is 103 cm³/mol. The third-order valence-corrected chi connectivity index (χ3v) is 5.12. The largest absolute Gasteiger partial charge is 0.323 e. The third-order valence-electron chi connectivity index (χ3n) is 4.03. The van der Waals surface area contributed by atoms with Gasteiger partial charge in [0.25, 0.3) is 0 Å². The minimum atomic E-state index is -0.248. The molecule has 1 atom stereocenters. The minimum Gasteiger partial charge on any atom is -0.323 e. The predicted octanol–water partition coefficient (Wildman–Crippen LogP) is 4.05. The van der Waals surface area contributed by atoms with Crippen molar-refractivity contribution in [3.8, 4) is 0 Å². The molecule has 0 aromatic carbocycles. The van der Waals surface area contributed by atoms with Gasteiger partial charge in [-0.3, -0.25) is 4.79 Å². The molecule has 0 saturated carbocycles. The van der Waals surface area contributed by atoms with Crippen LogP contribution in [-0.4, -0.2) is 30.5 Å². The molecular formula is C18H29N5OS. The second-order valence-corrected chi connectivity index (χ2v) is 8.38. The zero-order chi connectivity index (χ0) is 18.7. The molecule has 0 fully saturated rings. The Kier molecular flexibility index (Phi) is 6.32. The molecule has 6 nitrogen and oxygen atoms in total. The van der Waals surface area contributed by atoms with Crippen molar-refractivity contribution in [2.45, 2.75) is 71.5 Å². The SMILES string of the molecule is Cc1nc(SC(C)C(=O)Nc2ccnn2C(C)C)n(CC(C)C)c1C. The lowest BCUT2D eigenvalue weighted by Crippen LogP contribution is -2.25. The summed E-state index contributed by atoms with van der Waals surface area (Å²) >= 11 is 1.50. The highest BCUT2D eigenvalue weighted by Crippen LogP contribution is 2.27. The van der Waals surface area contributed by atoms with Crippen molar-refractivity contribution in [3.63, 3.8) is 0 Å². The Bertz CT molecular complexity index is 732. The number of hydrogen-bond donors (Lipinski definition) is 1. The smallest absolute Gasteiger partial charge is 0.238 e. The normalized spacial score (nSPS) is 12.8. The number of aromatic nitrogens is 4. The summed E-state index contributed by atoms with van der Waals surface area (Å²) in [6.45, 7) is 15.4. The molecule has 2 heterocycles. The van der Waals surface area contributed by atoms with Crippen LogP contribution < -0.4 is 5.32 Å². The van der Waals surface area contributed by atoms with Crippen molar-refractivity contribution < 1.29 is 4.79 Å². The van der Waals surface area contributed by atoms with E-state index in [0.29, 0.717) is 5.92 Å². The Labute approximate surface area is 154 Å². The number of carbonyl (C=O) groups is 1. The van der Waals surface area contributed by atoms with Gasteiger partial charge in [0.2, 0.25) is 5.91 Å². The highest BCUT2D eigenvalue weighted by molar-refractivity contribution is 8.00. The Morgan fingerprint density at radius 1 is 1.24 bits per heavy atom. The highest BCUT2D eigenvalue weighted by Gasteiger charge is 2.21. The van der Waals surface area contributed by atoms with Gasteiger partial charge in [0.15, 0.2) is 5.16 Å². The standard InChI is InChI=1S/C18H29N5OS/c1-11(2)10-22-14(6)13(5)20-18(22)25-15(7)17(24)21-16-8-9-19-23(16)12(3)4/h8-9,11-12,15H,10H2,1-7H3,(H,21,24). The van der Waals surface area contributed by atoms with Crippen molar-refractivity contribution in [2.24, 2.45) is 5.92 Å². The number of nitrogens with one attached hydrogen (secondary N) is 1. The number of anilines is 1. The fourth-order valence-electron chi connectivity index (χ4n) is 2.56. The van der Waals surface area contributed by atoms with E-state index >= 15 is 0 Å². The topological polar surface area (TPSA) is 64.7 Å². The van der Waals surface area contributed by atoms with E-state index in [0.717, 1.165) is 23.2 Å². The molecule has 2 rings (SSSR count). The summed E-state index contributed by atoms with van der Waals surface area (Å²) < 4.78 is 4.02. The van der Waals surface area contributed by atoms with Crippen molar-refractivity contribution in [2.75, 3.05) is 5.32 Å². The van der Waals surface area contributed by atoms with Gasteiger partial charge in [-0.05, 0) is 40.5 Å². The molecule has 1 N–H and O–H groups in total. The fourth-order valence-corrected chi connectivity index (χ4v) is 3.57. The highest BCUT2D eigenvalue weighted by atomic mass is 32.2. The van der Waals surface area contributed by atoms with Crippen molar-refractivity contribution in [1.29, 1.82) is 0 Å². The summed E-state index contributed by atoms with van der Waals surface area (Å²) in [5, 5.41) is 7.89. The number of rotatable bonds is 7. The van der Waals surface area contributed by atoms with Gasteiger partial charge in [-0.15, -0.1) is 0 Å². The van der Waals surface area contributed by atoms with Gasteiger partial charge >= 0.3 is 0 Å². The fraction of sp³-hybridized carbons (Fsp3) is 0.611. The van der Waals surface area contributed by atoms with E-state index < -0.39 is 0 Å². The van der Waals surface area contributed by atoms with Crippen LogP contribution >= 0.6 is 11.8 Å². The monoisotopic (exact) mass is 363 g/mol. The Hall–Kier alpha value is -1.76. The van der Waals surface area contributed by atoms with Crippen molar-refractivity contribution in [3.05, 3.63) is 23.7 Å². The van der Waals surface area contributed by atoms with E-state index in [4.69, 9.17) is 0 Å². The summed E-state index contributed by atoms with van der Waals surface area (Å²) in [5.74, 6) is 1.21. The number of imidazole rings is 1. The molecular weight excluding hydrogens is 334 g/mol.